The summed E-state index contributed by atoms with van der Waals surface area (Å²) in [4.78, 5) is 26.0. The van der Waals surface area contributed by atoms with Crippen LogP contribution in [0.25, 0.3) is 0 Å². The third-order valence-corrected chi connectivity index (χ3v) is 8.40. The summed E-state index contributed by atoms with van der Waals surface area (Å²) in [5.41, 5.74) is 1.78. The number of benzene rings is 3. The molecule has 6 nitrogen and oxygen atoms in total. The first-order chi connectivity index (χ1) is 17.6. The summed E-state index contributed by atoms with van der Waals surface area (Å²) in [7, 11) is 0. The van der Waals surface area contributed by atoms with Crippen LogP contribution < -0.4 is 0 Å². The van der Waals surface area contributed by atoms with E-state index in [1.54, 1.807) is 18.2 Å². The molecule has 8 heteroatoms. The first-order valence-electron chi connectivity index (χ1n) is 12.3. The lowest BCUT2D eigenvalue weighted by molar-refractivity contribution is 0.0235. The highest BCUT2D eigenvalue weighted by Crippen LogP contribution is 2.56. The van der Waals surface area contributed by atoms with Crippen molar-refractivity contribution in [2.24, 2.45) is 0 Å². The van der Waals surface area contributed by atoms with Crippen molar-refractivity contribution in [3.8, 4) is 11.5 Å². The van der Waals surface area contributed by atoms with Crippen molar-refractivity contribution in [2.45, 2.75) is 59.0 Å². The standard InChI is InChI=1S/C29H28Br2O6/c1-5-14-12-20(30)23(16(7-3)25(14)32)29(24-17(8-4)26(33)15(6-2)13-21(24)31)22-18(27(34)35)10-9-11-19(22)28(36)37-29/h9-13,32-33H,5-8H2,1-4H3,(H,34,35). The molecule has 0 aliphatic carbocycles. The third kappa shape index (κ3) is 3.96. The van der Waals surface area contributed by atoms with Crippen LogP contribution in [0.1, 0.15) is 87.4 Å². The fourth-order valence-corrected chi connectivity index (χ4v) is 7.08. The van der Waals surface area contributed by atoms with Crippen molar-refractivity contribution in [2.75, 3.05) is 0 Å². The molecular formula is C29H28Br2O6. The van der Waals surface area contributed by atoms with Crippen molar-refractivity contribution in [3.63, 3.8) is 0 Å². The smallest absolute Gasteiger partial charge is 0.340 e. The molecule has 1 aliphatic heterocycles. The lowest BCUT2D eigenvalue weighted by atomic mass is 9.73. The zero-order chi connectivity index (χ0) is 27.2. The zero-order valence-corrected chi connectivity index (χ0v) is 24.2. The number of cyclic esters (lactones) is 1. The van der Waals surface area contributed by atoms with Crippen LogP contribution in [-0.2, 0) is 36.0 Å². The fourth-order valence-electron chi connectivity index (χ4n) is 5.49. The molecule has 1 heterocycles. The van der Waals surface area contributed by atoms with Gasteiger partial charge in [0.15, 0.2) is 5.60 Å². The number of rotatable bonds is 7. The minimum Gasteiger partial charge on any atom is -0.507 e. The summed E-state index contributed by atoms with van der Waals surface area (Å²) in [6.07, 6.45) is 1.90. The van der Waals surface area contributed by atoms with E-state index >= 15 is 0 Å². The highest BCUT2D eigenvalue weighted by Gasteiger charge is 2.55. The number of carbonyl (C=O) groups excluding carboxylic acids is 1. The van der Waals surface area contributed by atoms with Crippen LogP contribution in [0.4, 0.5) is 0 Å². The Morgan fingerprint density at radius 1 is 0.838 bits per heavy atom. The van der Waals surface area contributed by atoms with E-state index in [2.05, 4.69) is 31.9 Å². The van der Waals surface area contributed by atoms with Gasteiger partial charge in [0, 0.05) is 36.8 Å². The van der Waals surface area contributed by atoms with Crippen LogP contribution in [0.15, 0.2) is 39.3 Å². The SMILES string of the molecule is CCc1cc(Br)c(C2(c3c(Br)cc(CC)c(O)c3CC)OC(=O)c3cccc(C(=O)O)c32)c(CC)c1O. The number of aromatic carboxylic acids is 1. The first kappa shape index (κ1) is 27.2. The van der Waals surface area contributed by atoms with Gasteiger partial charge in [0.1, 0.15) is 11.5 Å². The molecular weight excluding hydrogens is 604 g/mol. The van der Waals surface area contributed by atoms with Crippen molar-refractivity contribution < 1.29 is 29.6 Å². The van der Waals surface area contributed by atoms with E-state index in [0.29, 0.717) is 68.0 Å². The number of halogens is 2. The van der Waals surface area contributed by atoms with E-state index in [9.17, 15) is 24.9 Å². The van der Waals surface area contributed by atoms with Gasteiger partial charge in [0.05, 0.1) is 11.1 Å². The predicted molar refractivity (Wildman–Crippen MR) is 148 cm³/mol. The number of aromatic hydroxyl groups is 2. The molecule has 0 fully saturated rings. The van der Waals surface area contributed by atoms with Gasteiger partial charge in [-0.2, -0.15) is 0 Å². The number of carbonyl (C=O) groups is 2. The molecule has 3 aromatic carbocycles. The molecule has 3 N–H and O–H groups in total. The molecule has 0 saturated heterocycles. The Bertz CT molecular complexity index is 1380. The molecule has 0 radical (unpaired) electrons. The third-order valence-electron chi connectivity index (χ3n) is 7.15. The van der Waals surface area contributed by atoms with Gasteiger partial charge in [0.2, 0.25) is 0 Å². The summed E-state index contributed by atoms with van der Waals surface area (Å²) in [5, 5.41) is 32.8. The number of aryl methyl sites for hydroxylation is 2. The number of hydrogen-bond donors (Lipinski definition) is 3. The van der Waals surface area contributed by atoms with Crippen LogP contribution >= 0.6 is 31.9 Å². The lowest BCUT2D eigenvalue weighted by Crippen LogP contribution is -2.35. The van der Waals surface area contributed by atoms with Gasteiger partial charge in [-0.1, -0.05) is 65.6 Å². The number of hydrogen-bond acceptors (Lipinski definition) is 5. The minimum absolute atomic E-state index is 0.0726. The van der Waals surface area contributed by atoms with Gasteiger partial charge in [-0.05, 0) is 61.1 Å². The van der Waals surface area contributed by atoms with Gasteiger partial charge in [-0.15, -0.1) is 0 Å². The Balaban J connectivity index is 2.34. The van der Waals surface area contributed by atoms with E-state index in [4.69, 9.17) is 4.74 Å². The van der Waals surface area contributed by atoms with Crippen molar-refractivity contribution >= 4 is 43.8 Å². The maximum absolute atomic E-state index is 13.5. The predicted octanol–water partition coefficient (Wildman–Crippen LogP) is 7.03. The maximum atomic E-state index is 13.5. The van der Waals surface area contributed by atoms with E-state index in [-0.39, 0.29) is 28.2 Å². The van der Waals surface area contributed by atoms with Crippen LogP contribution in [-0.4, -0.2) is 27.3 Å². The quantitative estimate of drug-likeness (QED) is 0.242. The van der Waals surface area contributed by atoms with Crippen molar-refractivity contribution in [3.05, 3.63) is 89.3 Å². The van der Waals surface area contributed by atoms with Gasteiger partial charge in [0.25, 0.3) is 0 Å². The number of ether oxygens (including phenoxy) is 1. The van der Waals surface area contributed by atoms with Crippen LogP contribution in [0, 0.1) is 0 Å². The minimum atomic E-state index is -1.76. The fraction of sp³-hybridized carbons (Fsp3) is 0.310. The number of fused-ring (bicyclic) bond motifs is 1. The lowest BCUT2D eigenvalue weighted by Gasteiger charge is -2.37. The van der Waals surface area contributed by atoms with Crippen molar-refractivity contribution in [1.29, 1.82) is 0 Å². The number of phenolic OH excluding ortho intramolecular Hbond substituents is 2. The summed E-state index contributed by atoms with van der Waals surface area (Å²) >= 11 is 7.36. The molecule has 0 amide bonds. The van der Waals surface area contributed by atoms with E-state index < -0.39 is 17.5 Å². The number of carboxylic acids is 1. The Morgan fingerprint density at radius 2 is 1.32 bits per heavy atom. The van der Waals surface area contributed by atoms with Gasteiger partial charge < -0.3 is 20.1 Å². The molecule has 0 bridgehead atoms. The number of esters is 1. The molecule has 0 spiro atoms. The Labute approximate surface area is 232 Å². The summed E-state index contributed by atoms with van der Waals surface area (Å²) in [5.74, 6) is -1.75. The molecule has 3 aromatic rings. The molecule has 0 saturated carbocycles. The second-order valence-electron chi connectivity index (χ2n) is 8.96. The Hall–Kier alpha value is -2.84. The van der Waals surface area contributed by atoms with E-state index in [1.807, 2.05) is 27.7 Å². The summed E-state index contributed by atoms with van der Waals surface area (Å²) in [6.45, 7) is 7.62. The van der Waals surface area contributed by atoms with Gasteiger partial charge >= 0.3 is 11.9 Å². The molecule has 37 heavy (non-hydrogen) atoms. The summed E-state index contributed by atoms with van der Waals surface area (Å²) in [6, 6.07) is 8.06. The largest absolute Gasteiger partial charge is 0.507 e. The summed E-state index contributed by atoms with van der Waals surface area (Å²) < 4.78 is 7.43. The average molecular weight is 632 g/mol. The van der Waals surface area contributed by atoms with Crippen LogP contribution in [0.5, 0.6) is 11.5 Å². The highest BCUT2D eigenvalue weighted by molar-refractivity contribution is 9.10. The highest BCUT2D eigenvalue weighted by atomic mass is 79.9. The van der Waals surface area contributed by atoms with Crippen LogP contribution in [0.2, 0.25) is 0 Å². The molecule has 4 rings (SSSR count). The first-order valence-corrected chi connectivity index (χ1v) is 13.8. The Morgan fingerprint density at radius 3 is 1.73 bits per heavy atom. The number of phenols is 2. The number of carboxylic acid groups (broad SMARTS) is 1. The molecule has 194 valence electrons. The normalized spacial score (nSPS) is 13.9. The average Bonchev–Trinajstić information content (AvgIpc) is 3.17. The molecule has 0 aromatic heterocycles. The topological polar surface area (TPSA) is 104 Å². The zero-order valence-electron chi connectivity index (χ0n) is 21.0. The molecule has 0 atom stereocenters. The van der Waals surface area contributed by atoms with Crippen LogP contribution in [0.3, 0.4) is 0 Å². The maximum Gasteiger partial charge on any atom is 0.340 e. The van der Waals surface area contributed by atoms with Gasteiger partial charge in [-0.3, -0.25) is 0 Å². The van der Waals surface area contributed by atoms with E-state index in [0.717, 1.165) is 0 Å². The second-order valence-corrected chi connectivity index (χ2v) is 10.7. The monoisotopic (exact) mass is 630 g/mol. The molecule has 0 unspecified atom stereocenters. The van der Waals surface area contributed by atoms with E-state index in [1.165, 1.54) is 12.1 Å². The second kappa shape index (κ2) is 10.1. The Kier molecular flexibility index (Phi) is 7.45. The molecule has 1 aliphatic rings. The van der Waals surface area contributed by atoms with Crippen molar-refractivity contribution in [1.82, 2.24) is 0 Å². The van der Waals surface area contributed by atoms with Gasteiger partial charge in [-0.25, -0.2) is 9.59 Å².